The molecule has 0 unspecified atom stereocenters. The molecule has 25 heavy (non-hydrogen) atoms. The van der Waals surface area contributed by atoms with Crippen LogP contribution in [0.5, 0.6) is 0 Å². The molecule has 0 bridgehead atoms. The Balaban J connectivity index is 1.46. The molecule has 2 saturated heterocycles. The van der Waals surface area contributed by atoms with Gasteiger partial charge in [0.2, 0.25) is 0 Å². The van der Waals surface area contributed by atoms with Crippen LogP contribution >= 0.6 is 0 Å². The first-order chi connectivity index (χ1) is 12.2. The maximum Gasteiger partial charge on any atom is 0.184 e. The summed E-state index contributed by atoms with van der Waals surface area (Å²) in [5, 5.41) is 0. The van der Waals surface area contributed by atoms with Crippen LogP contribution in [0.25, 0.3) is 0 Å². The summed E-state index contributed by atoms with van der Waals surface area (Å²) in [7, 11) is 0. The average Bonchev–Trinajstić information content (AvgIpc) is 2.67. The SMILES string of the molecule is C[C@@H]1[C@@H](C)[C@H](Cc2ccccc2)O[C@@H]2CO[C@@H](c3ccccc3)O[C@@H]12. The Hall–Kier alpha value is -1.68. The fourth-order valence-corrected chi connectivity index (χ4v) is 3.98. The molecule has 2 aromatic carbocycles. The third-order valence-corrected chi connectivity index (χ3v) is 5.69. The second kappa shape index (κ2) is 7.28. The summed E-state index contributed by atoms with van der Waals surface area (Å²) in [6.45, 7) is 5.16. The predicted octanol–water partition coefficient (Wildman–Crippen LogP) is 4.38. The van der Waals surface area contributed by atoms with Gasteiger partial charge in [0.15, 0.2) is 6.29 Å². The first-order valence-corrected chi connectivity index (χ1v) is 9.24. The Kier molecular flexibility index (Phi) is 4.89. The van der Waals surface area contributed by atoms with E-state index in [0.29, 0.717) is 18.4 Å². The van der Waals surface area contributed by atoms with E-state index in [1.807, 2.05) is 18.2 Å². The largest absolute Gasteiger partial charge is 0.369 e. The summed E-state index contributed by atoms with van der Waals surface area (Å²) in [6, 6.07) is 20.7. The number of ether oxygens (including phenoxy) is 3. The second-order valence-corrected chi connectivity index (χ2v) is 7.30. The van der Waals surface area contributed by atoms with E-state index in [2.05, 4.69) is 56.3 Å². The van der Waals surface area contributed by atoms with Gasteiger partial charge in [-0.05, 0) is 23.8 Å². The first kappa shape index (κ1) is 16.8. The van der Waals surface area contributed by atoms with E-state index in [4.69, 9.17) is 14.2 Å². The zero-order valence-electron chi connectivity index (χ0n) is 14.9. The Morgan fingerprint density at radius 2 is 1.52 bits per heavy atom. The molecule has 0 N–H and O–H groups in total. The molecule has 3 heteroatoms. The minimum Gasteiger partial charge on any atom is -0.369 e. The zero-order valence-corrected chi connectivity index (χ0v) is 14.9. The molecule has 2 aliphatic heterocycles. The lowest BCUT2D eigenvalue weighted by Gasteiger charge is -2.48. The molecule has 2 fully saturated rings. The monoisotopic (exact) mass is 338 g/mol. The van der Waals surface area contributed by atoms with Crippen molar-refractivity contribution < 1.29 is 14.2 Å². The molecule has 0 aliphatic carbocycles. The lowest BCUT2D eigenvalue weighted by atomic mass is 9.79. The zero-order chi connectivity index (χ0) is 17.2. The van der Waals surface area contributed by atoms with Crippen LogP contribution in [0.3, 0.4) is 0 Å². The maximum absolute atomic E-state index is 6.41. The van der Waals surface area contributed by atoms with Gasteiger partial charge in [-0.25, -0.2) is 0 Å². The summed E-state index contributed by atoms with van der Waals surface area (Å²) < 4.78 is 18.7. The third-order valence-electron chi connectivity index (χ3n) is 5.69. The Bertz CT molecular complexity index is 670. The van der Waals surface area contributed by atoms with Crippen LogP contribution in [-0.4, -0.2) is 24.9 Å². The molecule has 0 aromatic heterocycles. The molecule has 0 saturated carbocycles. The van der Waals surface area contributed by atoms with Gasteiger partial charge in [-0.15, -0.1) is 0 Å². The lowest BCUT2D eigenvalue weighted by Crippen LogP contribution is -2.55. The molecule has 4 rings (SSSR count). The topological polar surface area (TPSA) is 27.7 Å². The van der Waals surface area contributed by atoms with Crippen molar-refractivity contribution >= 4 is 0 Å². The molecule has 0 amide bonds. The number of rotatable bonds is 3. The van der Waals surface area contributed by atoms with E-state index >= 15 is 0 Å². The number of benzene rings is 2. The average molecular weight is 338 g/mol. The maximum atomic E-state index is 6.41. The highest BCUT2D eigenvalue weighted by Crippen LogP contribution is 2.39. The predicted molar refractivity (Wildman–Crippen MR) is 97.1 cm³/mol. The van der Waals surface area contributed by atoms with E-state index < -0.39 is 0 Å². The molecule has 2 aromatic rings. The van der Waals surface area contributed by atoms with E-state index in [-0.39, 0.29) is 24.6 Å². The first-order valence-electron chi connectivity index (χ1n) is 9.24. The summed E-state index contributed by atoms with van der Waals surface area (Å²) in [5.74, 6) is 0.874. The molecule has 132 valence electrons. The van der Waals surface area contributed by atoms with Gasteiger partial charge < -0.3 is 14.2 Å². The van der Waals surface area contributed by atoms with Crippen LogP contribution in [0.1, 0.15) is 31.3 Å². The number of fused-ring (bicyclic) bond motifs is 1. The standard InChI is InChI=1S/C22H26O3/c1-15-16(2)21-20(24-19(15)13-17-9-5-3-6-10-17)14-23-22(25-21)18-11-7-4-8-12-18/h3-12,15-16,19-22H,13-14H2,1-2H3/t15-,16-,19+,20-,21+,22-/m1/s1. The van der Waals surface area contributed by atoms with Gasteiger partial charge in [-0.2, -0.15) is 0 Å². The minimum atomic E-state index is -0.286. The fraction of sp³-hybridized carbons (Fsp3) is 0.455. The highest BCUT2D eigenvalue weighted by molar-refractivity contribution is 5.18. The van der Waals surface area contributed by atoms with Gasteiger partial charge >= 0.3 is 0 Å². The molecule has 3 nitrogen and oxygen atoms in total. The van der Waals surface area contributed by atoms with Crippen LogP contribution in [0.2, 0.25) is 0 Å². The van der Waals surface area contributed by atoms with Crippen molar-refractivity contribution in [2.45, 2.75) is 44.9 Å². The third kappa shape index (κ3) is 3.50. The second-order valence-electron chi connectivity index (χ2n) is 7.30. The molecule has 0 spiro atoms. The quantitative estimate of drug-likeness (QED) is 0.831. The number of hydrogen-bond acceptors (Lipinski definition) is 3. The highest BCUT2D eigenvalue weighted by atomic mass is 16.7. The number of hydrogen-bond donors (Lipinski definition) is 0. The van der Waals surface area contributed by atoms with Crippen molar-refractivity contribution in [1.82, 2.24) is 0 Å². The molecule has 2 aliphatic rings. The highest BCUT2D eigenvalue weighted by Gasteiger charge is 2.45. The van der Waals surface area contributed by atoms with E-state index in [0.717, 1.165) is 12.0 Å². The van der Waals surface area contributed by atoms with Crippen molar-refractivity contribution in [3.8, 4) is 0 Å². The van der Waals surface area contributed by atoms with Crippen LogP contribution in [0.4, 0.5) is 0 Å². The van der Waals surface area contributed by atoms with Gasteiger partial charge in [0.05, 0.1) is 18.8 Å². The Morgan fingerprint density at radius 3 is 2.24 bits per heavy atom. The van der Waals surface area contributed by atoms with Crippen molar-refractivity contribution in [3.05, 3.63) is 71.8 Å². The summed E-state index contributed by atoms with van der Waals surface area (Å²) in [5.41, 5.74) is 2.40. The molecule has 0 radical (unpaired) electrons. The van der Waals surface area contributed by atoms with Crippen molar-refractivity contribution in [3.63, 3.8) is 0 Å². The molecular formula is C22H26O3. The van der Waals surface area contributed by atoms with Gasteiger partial charge in [-0.1, -0.05) is 74.5 Å². The van der Waals surface area contributed by atoms with Crippen molar-refractivity contribution in [2.24, 2.45) is 11.8 Å². The summed E-state index contributed by atoms with van der Waals surface area (Å²) in [6.07, 6.45) is 0.962. The van der Waals surface area contributed by atoms with E-state index in [1.165, 1.54) is 5.56 Å². The summed E-state index contributed by atoms with van der Waals surface area (Å²) in [4.78, 5) is 0. The summed E-state index contributed by atoms with van der Waals surface area (Å²) >= 11 is 0. The van der Waals surface area contributed by atoms with Crippen molar-refractivity contribution in [1.29, 1.82) is 0 Å². The van der Waals surface area contributed by atoms with Crippen LogP contribution in [-0.2, 0) is 20.6 Å². The lowest BCUT2D eigenvalue weighted by molar-refractivity contribution is -0.309. The van der Waals surface area contributed by atoms with E-state index in [1.54, 1.807) is 0 Å². The normalized spacial score (nSPS) is 35.1. The van der Waals surface area contributed by atoms with Gasteiger partial charge in [-0.3, -0.25) is 0 Å². The molecule has 6 atom stereocenters. The fourth-order valence-electron chi connectivity index (χ4n) is 3.98. The van der Waals surface area contributed by atoms with Crippen LogP contribution < -0.4 is 0 Å². The van der Waals surface area contributed by atoms with Gasteiger partial charge in [0.25, 0.3) is 0 Å². The van der Waals surface area contributed by atoms with Crippen LogP contribution in [0.15, 0.2) is 60.7 Å². The molecular weight excluding hydrogens is 312 g/mol. The Labute approximate surface area is 149 Å². The van der Waals surface area contributed by atoms with Crippen LogP contribution in [0, 0.1) is 11.8 Å². The Morgan fingerprint density at radius 1 is 0.840 bits per heavy atom. The van der Waals surface area contributed by atoms with Gasteiger partial charge in [0.1, 0.15) is 6.10 Å². The smallest absolute Gasteiger partial charge is 0.184 e. The van der Waals surface area contributed by atoms with E-state index in [9.17, 15) is 0 Å². The van der Waals surface area contributed by atoms with Gasteiger partial charge in [0, 0.05) is 5.56 Å². The minimum absolute atomic E-state index is 0.0138. The van der Waals surface area contributed by atoms with Crippen molar-refractivity contribution in [2.75, 3.05) is 6.61 Å². The molecule has 2 heterocycles.